The molecule has 2 bridgehead atoms. The summed E-state index contributed by atoms with van der Waals surface area (Å²) in [6.07, 6.45) is 6.43. The number of piperidine rings is 1. The zero-order valence-electron chi connectivity index (χ0n) is 14.7. The molecular formula is C16H28N4O3S2. The summed E-state index contributed by atoms with van der Waals surface area (Å²) in [5.41, 5.74) is 5.43. The van der Waals surface area contributed by atoms with Gasteiger partial charge in [0.2, 0.25) is 15.9 Å². The van der Waals surface area contributed by atoms with Crippen molar-refractivity contribution in [1.82, 2.24) is 20.5 Å². The summed E-state index contributed by atoms with van der Waals surface area (Å²) < 4.78 is 25.4. The Kier molecular flexibility index (Phi) is 5.85. The maximum absolute atomic E-state index is 12.3. The van der Waals surface area contributed by atoms with Crippen molar-refractivity contribution in [2.24, 2.45) is 17.8 Å². The van der Waals surface area contributed by atoms with Gasteiger partial charge < -0.3 is 5.32 Å². The molecule has 142 valence electrons. The largest absolute Gasteiger partial charge is 0.358 e. The third-order valence-corrected chi connectivity index (χ3v) is 7.93. The molecule has 3 aliphatic rings. The van der Waals surface area contributed by atoms with Gasteiger partial charge in [-0.1, -0.05) is 6.42 Å². The first-order valence-corrected chi connectivity index (χ1v) is 11.2. The van der Waals surface area contributed by atoms with Crippen LogP contribution in [0.25, 0.3) is 0 Å². The molecule has 1 amide bonds. The summed E-state index contributed by atoms with van der Waals surface area (Å²) in [7, 11) is -3.24. The van der Waals surface area contributed by atoms with Gasteiger partial charge in [0, 0.05) is 19.1 Å². The summed E-state index contributed by atoms with van der Waals surface area (Å²) in [6.45, 7) is 2.37. The topological polar surface area (TPSA) is 90.5 Å². The van der Waals surface area contributed by atoms with Crippen molar-refractivity contribution in [3.8, 4) is 0 Å². The second kappa shape index (κ2) is 7.75. The van der Waals surface area contributed by atoms with E-state index in [4.69, 9.17) is 12.2 Å². The zero-order valence-corrected chi connectivity index (χ0v) is 16.3. The fraction of sp³-hybridized carbons (Fsp3) is 0.875. The third kappa shape index (κ3) is 4.43. The normalized spacial score (nSPS) is 32.4. The first kappa shape index (κ1) is 18.8. The van der Waals surface area contributed by atoms with Gasteiger partial charge in [0.05, 0.1) is 11.7 Å². The predicted octanol–water partition coefficient (Wildman–Crippen LogP) is 0.732. The highest BCUT2D eigenvalue weighted by Crippen LogP contribution is 2.44. The van der Waals surface area contributed by atoms with Gasteiger partial charge >= 0.3 is 0 Å². The minimum absolute atomic E-state index is 0.0666. The summed E-state index contributed by atoms with van der Waals surface area (Å²) in [5.74, 6) is 1.05. The molecule has 1 saturated heterocycles. The Morgan fingerprint density at radius 2 is 2.00 bits per heavy atom. The van der Waals surface area contributed by atoms with Crippen LogP contribution in [0.4, 0.5) is 0 Å². The molecule has 0 spiro atoms. The summed E-state index contributed by atoms with van der Waals surface area (Å²) in [6, 6.07) is 0.413. The van der Waals surface area contributed by atoms with Crippen LogP contribution in [0.15, 0.2) is 0 Å². The number of hydrazine groups is 1. The molecule has 3 N–H and O–H groups in total. The summed E-state index contributed by atoms with van der Waals surface area (Å²) in [4.78, 5) is 12.3. The molecule has 3 rings (SSSR count). The number of rotatable bonds is 4. The molecule has 9 heteroatoms. The molecule has 25 heavy (non-hydrogen) atoms. The van der Waals surface area contributed by atoms with E-state index in [-0.39, 0.29) is 24.1 Å². The molecule has 3 fully saturated rings. The van der Waals surface area contributed by atoms with Crippen LogP contribution in [0.3, 0.4) is 0 Å². The fourth-order valence-electron chi connectivity index (χ4n) is 4.44. The lowest BCUT2D eigenvalue weighted by atomic mass is 9.96. The van der Waals surface area contributed by atoms with Crippen molar-refractivity contribution >= 4 is 33.3 Å². The molecule has 0 aromatic rings. The van der Waals surface area contributed by atoms with Crippen molar-refractivity contribution in [2.45, 2.75) is 51.5 Å². The average Bonchev–Trinajstić information content (AvgIpc) is 3.22. The van der Waals surface area contributed by atoms with Crippen molar-refractivity contribution in [3.63, 3.8) is 0 Å². The van der Waals surface area contributed by atoms with Crippen molar-refractivity contribution in [3.05, 3.63) is 0 Å². The second-order valence-electron chi connectivity index (χ2n) is 7.47. The number of carbonyl (C=O) groups is 1. The Balaban J connectivity index is 1.43. The first-order chi connectivity index (χ1) is 11.9. The number of nitrogens with zero attached hydrogens (tertiary/aromatic N) is 1. The number of amides is 1. The van der Waals surface area contributed by atoms with E-state index in [2.05, 4.69) is 16.2 Å². The molecule has 0 aromatic carbocycles. The molecule has 0 radical (unpaired) electrons. The van der Waals surface area contributed by atoms with Gasteiger partial charge in [0.1, 0.15) is 0 Å². The van der Waals surface area contributed by atoms with Gasteiger partial charge in [-0.15, -0.1) is 0 Å². The van der Waals surface area contributed by atoms with Gasteiger partial charge in [-0.05, 0) is 63.1 Å². The van der Waals surface area contributed by atoms with Crippen LogP contribution in [0.2, 0.25) is 0 Å². The van der Waals surface area contributed by atoms with E-state index in [1.54, 1.807) is 6.92 Å². The van der Waals surface area contributed by atoms with E-state index >= 15 is 0 Å². The van der Waals surface area contributed by atoms with Crippen LogP contribution in [-0.2, 0) is 14.8 Å². The van der Waals surface area contributed by atoms with Crippen LogP contribution < -0.4 is 16.2 Å². The Hall–Kier alpha value is -0.930. The quantitative estimate of drug-likeness (QED) is 0.486. The Labute approximate surface area is 155 Å². The molecule has 1 aliphatic heterocycles. The van der Waals surface area contributed by atoms with E-state index in [1.807, 2.05) is 0 Å². The van der Waals surface area contributed by atoms with Crippen LogP contribution in [0.1, 0.15) is 45.4 Å². The lowest BCUT2D eigenvalue weighted by molar-refractivity contribution is -0.126. The van der Waals surface area contributed by atoms with Crippen molar-refractivity contribution < 1.29 is 13.2 Å². The fourth-order valence-corrected chi connectivity index (χ4v) is 5.82. The Morgan fingerprint density at radius 3 is 2.64 bits per heavy atom. The van der Waals surface area contributed by atoms with Crippen LogP contribution in [-0.4, -0.2) is 48.6 Å². The number of carbonyl (C=O) groups excluding carboxylic acids is 1. The summed E-state index contributed by atoms with van der Waals surface area (Å²) >= 11 is 5.28. The van der Waals surface area contributed by atoms with Crippen LogP contribution in [0, 0.1) is 17.8 Å². The standard InChI is InChI=1S/C16H28N4O3S2/c1-2-25(22,23)20-7-3-4-13(10-20)15(21)18-19-16(24)17-14-9-11-5-6-12(14)8-11/h11-14H,2-10H2,1H3,(H,18,21)(H2,17,19,24)/t11-,12-,13+,14-/m1/s1. The van der Waals surface area contributed by atoms with Gasteiger partial charge in [-0.3, -0.25) is 15.6 Å². The van der Waals surface area contributed by atoms with E-state index in [0.717, 1.165) is 12.3 Å². The van der Waals surface area contributed by atoms with E-state index in [9.17, 15) is 13.2 Å². The number of fused-ring (bicyclic) bond motifs is 2. The highest BCUT2D eigenvalue weighted by molar-refractivity contribution is 7.89. The maximum atomic E-state index is 12.3. The molecule has 1 heterocycles. The Morgan fingerprint density at radius 1 is 1.20 bits per heavy atom. The number of hydrogen-bond donors (Lipinski definition) is 3. The second-order valence-corrected chi connectivity index (χ2v) is 10.1. The van der Waals surface area contributed by atoms with E-state index < -0.39 is 10.0 Å². The van der Waals surface area contributed by atoms with Gasteiger partial charge in [-0.25, -0.2) is 12.7 Å². The number of hydrogen-bond acceptors (Lipinski definition) is 4. The molecule has 2 aliphatic carbocycles. The molecule has 0 aromatic heterocycles. The lowest BCUT2D eigenvalue weighted by Crippen LogP contribution is -2.54. The first-order valence-electron chi connectivity index (χ1n) is 9.23. The lowest BCUT2D eigenvalue weighted by Gasteiger charge is -2.31. The molecular weight excluding hydrogens is 360 g/mol. The van der Waals surface area contributed by atoms with E-state index in [0.29, 0.717) is 36.5 Å². The van der Waals surface area contributed by atoms with Crippen molar-refractivity contribution in [1.29, 1.82) is 0 Å². The average molecular weight is 389 g/mol. The SMILES string of the molecule is CCS(=O)(=O)N1CCC[C@H](C(=O)NNC(=S)N[C@@H]2C[C@@H]3CC[C@@H]2C3)C1. The highest BCUT2D eigenvalue weighted by Gasteiger charge is 2.39. The van der Waals surface area contributed by atoms with Gasteiger partial charge in [0.25, 0.3) is 0 Å². The van der Waals surface area contributed by atoms with E-state index in [1.165, 1.54) is 23.6 Å². The number of thiocarbonyl (C=S) groups is 1. The number of nitrogens with one attached hydrogen (secondary N) is 3. The smallest absolute Gasteiger partial charge is 0.242 e. The van der Waals surface area contributed by atoms with Gasteiger partial charge in [0.15, 0.2) is 5.11 Å². The maximum Gasteiger partial charge on any atom is 0.242 e. The minimum atomic E-state index is -3.24. The highest BCUT2D eigenvalue weighted by atomic mass is 32.2. The minimum Gasteiger partial charge on any atom is -0.358 e. The monoisotopic (exact) mass is 388 g/mol. The van der Waals surface area contributed by atoms with Crippen LogP contribution >= 0.6 is 12.2 Å². The molecule has 7 nitrogen and oxygen atoms in total. The predicted molar refractivity (Wildman–Crippen MR) is 100 cm³/mol. The van der Waals surface area contributed by atoms with Gasteiger partial charge in [-0.2, -0.15) is 0 Å². The Bertz CT molecular complexity index is 625. The number of sulfonamides is 1. The molecule has 4 atom stereocenters. The third-order valence-electron chi connectivity index (χ3n) is 5.87. The molecule has 0 unspecified atom stereocenters. The molecule has 2 saturated carbocycles. The summed E-state index contributed by atoms with van der Waals surface area (Å²) in [5, 5.41) is 3.75. The zero-order chi connectivity index (χ0) is 18.0. The van der Waals surface area contributed by atoms with Crippen molar-refractivity contribution in [2.75, 3.05) is 18.8 Å². The van der Waals surface area contributed by atoms with Crippen LogP contribution in [0.5, 0.6) is 0 Å².